The molecule has 4 aromatic rings. The molecule has 9 heteroatoms. The molecular weight excluding hydrogens is 456 g/mol. The molecular formula is C27H34N6O3. The summed E-state index contributed by atoms with van der Waals surface area (Å²) < 4.78 is 13.4. The molecule has 1 saturated heterocycles. The van der Waals surface area contributed by atoms with Crippen LogP contribution in [0.4, 0.5) is 0 Å². The van der Waals surface area contributed by atoms with Crippen LogP contribution < -0.4 is 5.56 Å². The minimum absolute atomic E-state index is 0.0653. The molecule has 0 radical (unpaired) electrons. The molecule has 0 unspecified atom stereocenters. The van der Waals surface area contributed by atoms with E-state index in [0.717, 1.165) is 53.1 Å². The fourth-order valence-corrected chi connectivity index (χ4v) is 5.36. The Kier molecular flexibility index (Phi) is 7.02. The van der Waals surface area contributed by atoms with Gasteiger partial charge < -0.3 is 14.1 Å². The SMILES string of the molecule is Cc1cc(C)c2[nH]c(=O)c(CN(C[C@@H]3CCCO3)[C@H](c3nnnn3Cc3ccco3)C(C)C)cc2c1. The summed E-state index contributed by atoms with van der Waals surface area (Å²) in [5, 5.41) is 13.8. The molecule has 0 saturated carbocycles. The van der Waals surface area contributed by atoms with E-state index < -0.39 is 0 Å². The molecule has 0 amide bonds. The Hall–Kier alpha value is -3.30. The zero-order chi connectivity index (χ0) is 25.2. The van der Waals surface area contributed by atoms with E-state index >= 15 is 0 Å². The number of aromatic nitrogens is 5. The number of nitrogens with one attached hydrogen (secondary N) is 1. The summed E-state index contributed by atoms with van der Waals surface area (Å²) in [6.07, 6.45) is 3.82. The molecule has 4 heterocycles. The number of aryl methyl sites for hydroxylation is 2. The monoisotopic (exact) mass is 490 g/mol. The summed E-state index contributed by atoms with van der Waals surface area (Å²) in [6, 6.07) is 9.90. The van der Waals surface area contributed by atoms with Crippen molar-refractivity contribution in [3.63, 3.8) is 0 Å². The third-order valence-corrected chi connectivity index (χ3v) is 6.94. The average Bonchev–Trinajstić information content (AvgIpc) is 3.60. The fourth-order valence-electron chi connectivity index (χ4n) is 5.36. The second kappa shape index (κ2) is 10.4. The van der Waals surface area contributed by atoms with Gasteiger partial charge in [-0.25, -0.2) is 4.68 Å². The molecule has 1 N–H and O–H groups in total. The van der Waals surface area contributed by atoms with Crippen LogP contribution >= 0.6 is 0 Å². The van der Waals surface area contributed by atoms with E-state index in [4.69, 9.17) is 9.15 Å². The quantitative estimate of drug-likeness (QED) is 0.376. The predicted octanol–water partition coefficient (Wildman–Crippen LogP) is 4.15. The topological polar surface area (TPSA) is 102 Å². The number of tetrazole rings is 1. The molecule has 0 aliphatic carbocycles. The molecule has 1 aromatic carbocycles. The maximum absolute atomic E-state index is 13.2. The number of pyridine rings is 1. The molecule has 9 nitrogen and oxygen atoms in total. The molecule has 0 spiro atoms. The molecule has 1 aliphatic rings. The molecule has 5 rings (SSSR count). The zero-order valence-corrected chi connectivity index (χ0v) is 21.4. The predicted molar refractivity (Wildman–Crippen MR) is 137 cm³/mol. The first-order valence-corrected chi connectivity index (χ1v) is 12.7. The number of rotatable bonds is 9. The Morgan fingerprint density at radius 3 is 2.83 bits per heavy atom. The summed E-state index contributed by atoms with van der Waals surface area (Å²) >= 11 is 0. The van der Waals surface area contributed by atoms with Gasteiger partial charge in [0, 0.05) is 25.3 Å². The minimum atomic E-state index is -0.117. The van der Waals surface area contributed by atoms with Gasteiger partial charge in [0.1, 0.15) is 12.3 Å². The van der Waals surface area contributed by atoms with Crippen LogP contribution in [-0.2, 0) is 17.8 Å². The van der Waals surface area contributed by atoms with Crippen LogP contribution in [0.2, 0.25) is 0 Å². The normalized spacial score (nSPS) is 17.0. The first-order valence-electron chi connectivity index (χ1n) is 12.7. The number of furan rings is 1. The Morgan fingerprint density at radius 1 is 1.25 bits per heavy atom. The molecule has 0 bridgehead atoms. The van der Waals surface area contributed by atoms with Crippen molar-refractivity contribution >= 4 is 10.9 Å². The zero-order valence-electron chi connectivity index (χ0n) is 21.4. The highest BCUT2D eigenvalue weighted by Crippen LogP contribution is 2.31. The van der Waals surface area contributed by atoms with Gasteiger partial charge in [-0.15, -0.1) is 5.10 Å². The van der Waals surface area contributed by atoms with Gasteiger partial charge in [-0.2, -0.15) is 0 Å². The van der Waals surface area contributed by atoms with E-state index in [0.29, 0.717) is 19.6 Å². The molecule has 1 aliphatic heterocycles. The molecule has 36 heavy (non-hydrogen) atoms. The van der Waals surface area contributed by atoms with Gasteiger partial charge in [0.25, 0.3) is 5.56 Å². The van der Waals surface area contributed by atoms with E-state index in [2.05, 4.69) is 58.3 Å². The number of H-pyrrole nitrogens is 1. The number of hydrogen-bond donors (Lipinski definition) is 1. The van der Waals surface area contributed by atoms with E-state index in [-0.39, 0.29) is 23.6 Å². The lowest BCUT2D eigenvalue weighted by Crippen LogP contribution is -2.40. The van der Waals surface area contributed by atoms with Gasteiger partial charge in [-0.3, -0.25) is 9.69 Å². The van der Waals surface area contributed by atoms with Crippen LogP contribution in [0.15, 0.2) is 45.8 Å². The lowest BCUT2D eigenvalue weighted by atomic mass is 9.99. The van der Waals surface area contributed by atoms with Crippen LogP contribution in [0.1, 0.15) is 61.0 Å². The molecule has 2 atom stereocenters. The Labute approximate surface area is 210 Å². The lowest BCUT2D eigenvalue weighted by Gasteiger charge is -2.35. The van der Waals surface area contributed by atoms with Crippen molar-refractivity contribution in [3.05, 3.63) is 75.2 Å². The third-order valence-electron chi connectivity index (χ3n) is 6.94. The molecule has 1 fully saturated rings. The van der Waals surface area contributed by atoms with Crippen molar-refractivity contribution in [3.8, 4) is 0 Å². The van der Waals surface area contributed by atoms with Crippen molar-refractivity contribution in [2.45, 2.75) is 65.8 Å². The van der Waals surface area contributed by atoms with Crippen LogP contribution in [-0.4, -0.2) is 49.3 Å². The van der Waals surface area contributed by atoms with Crippen LogP contribution in [0.3, 0.4) is 0 Å². The van der Waals surface area contributed by atoms with Crippen molar-refractivity contribution in [1.29, 1.82) is 0 Å². The summed E-state index contributed by atoms with van der Waals surface area (Å²) in [5.41, 5.74) is 3.79. The van der Waals surface area contributed by atoms with Crippen molar-refractivity contribution in [2.24, 2.45) is 5.92 Å². The summed E-state index contributed by atoms with van der Waals surface area (Å²) in [4.78, 5) is 18.7. The summed E-state index contributed by atoms with van der Waals surface area (Å²) in [6.45, 7) is 10.8. The van der Waals surface area contributed by atoms with Crippen LogP contribution in [0, 0.1) is 19.8 Å². The Morgan fingerprint density at radius 2 is 2.11 bits per heavy atom. The highest BCUT2D eigenvalue weighted by atomic mass is 16.5. The van der Waals surface area contributed by atoms with Crippen molar-refractivity contribution in [1.82, 2.24) is 30.1 Å². The molecule has 190 valence electrons. The number of benzene rings is 1. The summed E-state index contributed by atoms with van der Waals surface area (Å²) in [7, 11) is 0. The van der Waals surface area contributed by atoms with Gasteiger partial charge in [0.2, 0.25) is 0 Å². The van der Waals surface area contributed by atoms with Crippen molar-refractivity contribution in [2.75, 3.05) is 13.2 Å². The van der Waals surface area contributed by atoms with Crippen molar-refractivity contribution < 1.29 is 9.15 Å². The van der Waals surface area contributed by atoms with Crippen LogP contribution in [0.5, 0.6) is 0 Å². The van der Waals surface area contributed by atoms with Gasteiger partial charge in [-0.05, 0) is 78.2 Å². The average molecular weight is 491 g/mol. The van der Waals surface area contributed by atoms with E-state index in [9.17, 15) is 4.79 Å². The standard InChI is InChI=1S/C27H34N6O3/c1-17(2)25(26-29-30-31-33(26)16-23-8-6-10-36-23)32(15-22-7-5-9-35-22)14-21-13-20-12-18(3)11-19(4)24(20)28-27(21)34/h6,8,10-13,17,22,25H,5,7,9,14-16H2,1-4H3,(H,28,34)/t22-,25-/m0/s1. The lowest BCUT2D eigenvalue weighted by molar-refractivity contribution is 0.0384. The maximum atomic E-state index is 13.2. The summed E-state index contributed by atoms with van der Waals surface area (Å²) in [5.74, 6) is 1.73. The van der Waals surface area contributed by atoms with Gasteiger partial charge in [-0.1, -0.05) is 25.5 Å². The Balaban J connectivity index is 1.53. The van der Waals surface area contributed by atoms with E-state index in [1.165, 1.54) is 5.56 Å². The minimum Gasteiger partial charge on any atom is -0.467 e. The highest BCUT2D eigenvalue weighted by molar-refractivity contribution is 5.82. The highest BCUT2D eigenvalue weighted by Gasteiger charge is 2.32. The number of aromatic amines is 1. The van der Waals surface area contributed by atoms with Crippen LogP contribution in [0.25, 0.3) is 10.9 Å². The largest absolute Gasteiger partial charge is 0.467 e. The maximum Gasteiger partial charge on any atom is 0.252 e. The van der Waals surface area contributed by atoms with E-state index in [1.54, 1.807) is 10.9 Å². The Bertz CT molecular complexity index is 1370. The van der Waals surface area contributed by atoms with Gasteiger partial charge >= 0.3 is 0 Å². The number of ether oxygens (including phenoxy) is 1. The van der Waals surface area contributed by atoms with E-state index in [1.807, 2.05) is 25.1 Å². The second-order valence-corrected chi connectivity index (χ2v) is 10.2. The van der Waals surface area contributed by atoms with Gasteiger partial charge in [0.15, 0.2) is 5.82 Å². The fraction of sp³-hybridized carbons (Fsp3) is 0.481. The molecule has 3 aromatic heterocycles. The first-order chi connectivity index (χ1) is 17.4. The van der Waals surface area contributed by atoms with Gasteiger partial charge in [0.05, 0.1) is 23.9 Å². The number of nitrogens with zero attached hydrogens (tertiary/aromatic N) is 5. The smallest absolute Gasteiger partial charge is 0.252 e. The second-order valence-electron chi connectivity index (χ2n) is 10.2. The number of hydrogen-bond acceptors (Lipinski definition) is 7. The first kappa shape index (κ1) is 24.4. The number of fused-ring (bicyclic) bond motifs is 1. The third kappa shape index (κ3) is 5.12.